The van der Waals surface area contributed by atoms with Crippen molar-refractivity contribution in [1.82, 2.24) is 29.7 Å². The predicted octanol–water partition coefficient (Wildman–Crippen LogP) is 1.57. The summed E-state index contributed by atoms with van der Waals surface area (Å²) in [6.07, 6.45) is 1.73. The van der Waals surface area contributed by atoms with Crippen molar-refractivity contribution in [1.29, 1.82) is 0 Å². The number of hydrogen-bond acceptors (Lipinski definition) is 6. The second-order valence-electron chi connectivity index (χ2n) is 4.73. The summed E-state index contributed by atoms with van der Waals surface area (Å²) in [6, 6.07) is 7.59. The first-order valence-electron chi connectivity index (χ1n) is 6.66. The number of amides is 1. The van der Waals surface area contributed by atoms with Crippen LogP contribution in [0.15, 0.2) is 30.5 Å². The van der Waals surface area contributed by atoms with Crippen molar-refractivity contribution in [3.05, 3.63) is 46.7 Å². The van der Waals surface area contributed by atoms with Gasteiger partial charge in [0.1, 0.15) is 10.6 Å². The molecule has 3 aromatic rings. The molecule has 1 amide bonds. The van der Waals surface area contributed by atoms with E-state index >= 15 is 0 Å². The Morgan fingerprint density at radius 2 is 2.23 bits per heavy atom. The molecule has 0 aliphatic carbocycles. The number of nitrogens with zero attached hydrogens (tertiary/aromatic N) is 5. The van der Waals surface area contributed by atoms with Gasteiger partial charge >= 0.3 is 0 Å². The molecular weight excluding hydrogens is 300 g/mol. The number of hydrogen-bond donors (Lipinski definition) is 1. The van der Waals surface area contributed by atoms with Gasteiger partial charge < -0.3 is 5.32 Å². The van der Waals surface area contributed by atoms with Crippen LogP contribution in [0.3, 0.4) is 0 Å². The molecule has 0 aromatic carbocycles. The highest BCUT2D eigenvalue weighted by atomic mass is 32.1. The monoisotopic (exact) mass is 314 g/mol. The smallest absolute Gasteiger partial charge is 0.265 e. The highest BCUT2D eigenvalue weighted by Gasteiger charge is 2.14. The van der Waals surface area contributed by atoms with E-state index in [1.54, 1.807) is 17.8 Å². The standard InChI is InChI=1S/C14H14N6OS/c1-9-13(22-19-17-9)14(21)16-8-10-7-12(18-20(10)2)11-5-3-4-6-15-11/h3-7H,8H2,1-2H3,(H,16,21). The highest BCUT2D eigenvalue weighted by molar-refractivity contribution is 7.07. The van der Waals surface area contributed by atoms with Gasteiger partial charge in [-0.1, -0.05) is 10.6 Å². The molecule has 0 atom stereocenters. The van der Waals surface area contributed by atoms with Crippen LogP contribution in [0.25, 0.3) is 11.4 Å². The minimum Gasteiger partial charge on any atom is -0.346 e. The van der Waals surface area contributed by atoms with Crippen molar-refractivity contribution < 1.29 is 4.79 Å². The van der Waals surface area contributed by atoms with Crippen LogP contribution in [-0.4, -0.2) is 30.3 Å². The minimum atomic E-state index is -0.173. The Balaban J connectivity index is 1.73. The normalized spacial score (nSPS) is 10.6. The summed E-state index contributed by atoms with van der Waals surface area (Å²) >= 11 is 1.09. The van der Waals surface area contributed by atoms with Crippen LogP contribution in [0, 0.1) is 6.92 Å². The Labute approximate surface area is 131 Å². The summed E-state index contributed by atoms with van der Waals surface area (Å²) in [5.74, 6) is -0.173. The zero-order valence-corrected chi connectivity index (χ0v) is 13.0. The third-order valence-corrected chi connectivity index (χ3v) is 4.02. The van der Waals surface area contributed by atoms with Crippen molar-refractivity contribution in [2.75, 3.05) is 0 Å². The van der Waals surface area contributed by atoms with Gasteiger partial charge in [-0.25, -0.2) is 0 Å². The first kappa shape index (κ1) is 14.3. The van der Waals surface area contributed by atoms with E-state index in [0.29, 0.717) is 17.1 Å². The molecule has 0 bridgehead atoms. The summed E-state index contributed by atoms with van der Waals surface area (Å²) < 4.78 is 5.50. The van der Waals surface area contributed by atoms with Crippen LogP contribution in [0.2, 0.25) is 0 Å². The van der Waals surface area contributed by atoms with Gasteiger partial charge in [-0.3, -0.25) is 14.5 Å². The molecule has 1 N–H and O–H groups in total. The maximum absolute atomic E-state index is 12.1. The number of pyridine rings is 1. The Morgan fingerprint density at radius 1 is 1.36 bits per heavy atom. The van der Waals surface area contributed by atoms with Crippen molar-refractivity contribution in [3.63, 3.8) is 0 Å². The largest absolute Gasteiger partial charge is 0.346 e. The van der Waals surface area contributed by atoms with Gasteiger partial charge in [-0.2, -0.15) is 5.10 Å². The molecule has 0 radical (unpaired) electrons. The fourth-order valence-electron chi connectivity index (χ4n) is 2.00. The zero-order valence-electron chi connectivity index (χ0n) is 12.1. The van der Waals surface area contributed by atoms with Crippen LogP contribution < -0.4 is 5.32 Å². The van der Waals surface area contributed by atoms with Crippen LogP contribution in [-0.2, 0) is 13.6 Å². The second kappa shape index (κ2) is 6.02. The Bertz CT molecular complexity index is 795. The van der Waals surface area contributed by atoms with Gasteiger partial charge in [0.25, 0.3) is 5.91 Å². The molecule has 0 aliphatic heterocycles. The molecule has 0 saturated heterocycles. The average molecular weight is 314 g/mol. The fraction of sp³-hybridized carbons (Fsp3) is 0.214. The lowest BCUT2D eigenvalue weighted by atomic mass is 10.2. The lowest BCUT2D eigenvalue weighted by Crippen LogP contribution is -2.23. The first-order chi connectivity index (χ1) is 10.6. The van der Waals surface area contributed by atoms with Crippen LogP contribution in [0.1, 0.15) is 21.1 Å². The van der Waals surface area contributed by atoms with E-state index in [1.807, 2.05) is 31.3 Å². The molecule has 0 aliphatic rings. The quantitative estimate of drug-likeness (QED) is 0.790. The van der Waals surface area contributed by atoms with E-state index in [-0.39, 0.29) is 5.91 Å². The zero-order chi connectivity index (χ0) is 15.5. The van der Waals surface area contributed by atoms with Crippen LogP contribution in [0.4, 0.5) is 0 Å². The minimum absolute atomic E-state index is 0.173. The molecule has 0 saturated carbocycles. The molecule has 22 heavy (non-hydrogen) atoms. The second-order valence-corrected chi connectivity index (χ2v) is 5.48. The van der Waals surface area contributed by atoms with Crippen LogP contribution >= 0.6 is 11.5 Å². The molecule has 3 aromatic heterocycles. The molecule has 0 fully saturated rings. The molecule has 0 unspecified atom stereocenters. The number of carbonyl (C=O) groups is 1. The van der Waals surface area contributed by atoms with Crippen molar-refractivity contribution in [3.8, 4) is 11.4 Å². The van der Waals surface area contributed by atoms with E-state index < -0.39 is 0 Å². The third-order valence-electron chi connectivity index (χ3n) is 3.19. The average Bonchev–Trinajstić information content (AvgIpc) is 3.12. The van der Waals surface area contributed by atoms with Crippen molar-refractivity contribution in [2.24, 2.45) is 7.05 Å². The van der Waals surface area contributed by atoms with Crippen LogP contribution in [0.5, 0.6) is 0 Å². The van der Waals surface area contributed by atoms with Gasteiger partial charge in [0.15, 0.2) is 0 Å². The van der Waals surface area contributed by atoms with Gasteiger partial charge in [0, 0.05) is 13.2 Å². The third kappa shape index (κ3) is 2.86. The first-order valence-corrected chi connectivity index (χ1v) is 7.44. The molecule has 112 valence electrons. The Hall–Kier alpha value is -2.61. The topological polar surface area (TPSA) is 85.6 Å². The van der Waals surface area contributed by atoms with E-state index in [0.717, 1.165) is 28.6 Å². The van der Waals surface area contributed by atoms with E-state index in [1.165, 1.54) is 0 Å². The number of aryl methyl sites for hydroxylation is 2. The number of carbonyl (C=O) groups excluding carboxylic acids is 1. The van der Waals surface area contributed by atoms with Gasteiger partial charge in [0.2, 0.25) is 0 Å². The molecule has 8 heteroatoms. The SMILES string of the molecule is Cc1nnsc1C(=O)NCc1cc(-c2ccccn2)nn1C. The number of aromatic nitrogens is 5. The fourth-order valence-corrected chi connectivity index (χ4v) is 2.57. The van der Waals surface area contributed by atoms with E-state index in [9.17, 15) is 4.79 Å². The summed E-state index contributed by atoms with van der Waals surface area (Å²) in [4.78, 5) is 16.9. The Morgan fingerprint density at radius 3 is 2.91 bits per heavy atom. The van der Waals surface area contributed by atoms with Crippen molar-refractivity contribution >= 4 is 17.4 Å². The van der Waals surface area contributed by atoms with E-state index in [4.69, 9.17) is 0 Å². The van der Waals surface area contributed by atoms with Gasteiger partial charge in [-0.05, 0) is 36.7 Å². The molecule has 0 spiro atoms. The summed E-state index contributed by atoms with van der Waals surface area (Å²) in [7, 11) is 1.84. The summed E-state index contributed by atoms with van der Waals surface area (Å²) in [5.41, 5.74) is 3.12. The highest BCUT2D eigenvalue weighted by Crippen LogP contribution is 2.16. The summed E-state index contributed by atoms with van der Waals surface area (Å²) in [6.45, 7) is 2.15. The predicted molar refractivity (Wildman–Crippen MR) is 82.3 cm³/mol. The summed E-state index contributed by atoms with van der Waals surface area (Å²) in [5, 5.41) is 11.1. The number of rotatable bonds is 4. The lowest BCUT2D eigenvalue weighted by molar-refractivity contribution is 0.0953. The molecule has 3 rings (SSSR count). The van der Waals surface area contributed by atoms with Gasteiger partial charge in [-0.15, -0.1) is 5.10 Å². The molecular formula is C14H14N6OS. The molecule has 3 heterocycles. The van der Waals surface area contributed by atoms with E-state index in [2.05, 4.69) is 25.0 Å². The molecule has 7 nitrogen and oxygen atoms in total. The van der Waals surface area contributed by atoms with Gasteiger partial charge in [0.05, 0.1) is 23.6 Å². The maximum atomic E-state index is 12.1. The lowest BCUT2D eigenvalue weighted by Gasteiger charge is -2.03. The van der Waals surface area contributed by atoms with Crippen molar-refractivity contribution in [2.45, 2.75) is 13.5 Å². The Kier molecular flexibility index (Phi) is 3.92. The number of nitrogens with one attached hydrogen (secondary N) is 1. The maximum Gasteiger partial charge on any atom is 0.265 e.